The van der Waals surface area contributed by atoms with E-state index >= 15 is 0 Å². The Morgan fingerprint density at radius 1 is 1.30 bits per heavy atom. The normalized spacial score (nSPS) is 24.3. The monoisotopic (exact) mass is 419 g/mol. The van der Waals surface area contributed by atoms with E-state index in [1.807, 2.05) is 7.05 Å². The fourth-order valence-electron chi connectivity index (χ4n) is 3.84. The molecular formula is C20H35Cl2N3O2. The van der Waals surface area contributed by atoms with Crippen molar-refractivity contribution in [3.05, 3.63) is 29.8 Å². The highest BCUT2D eigenvalue weighted by molar-refractivity contribution is 5.85. The lowest BCUT2D eigenvalue weighted by atomic mass is 9.89. The zero-order chi connectivity index (χ0) is 17.6. The third-order valence-electron chi connectivity index (χ3n) is 5.43. The Bertz CT molecular complexity index is 536. The second-order valence-corrected chi connectivity index (χ2v) is 7.69. The fourth-order valence-corrected chi connectivity index (χ4v) is 3.84. The quantitative estimate of drug-likeness (QED) is 0.603. The number of nitrogens with zero attached hydrogens (tertiary/aromatic N) is 1. The molecule has 3 N–H and O–H groups in total. The second-order valence-electron chi connectivity index (χ2n) is 7.69. The average molecular weight is 420 g/mol. The van der Waals surface area contributed by atoms with Crippen molar-refractivity contribution in [2.24, 2.45) is 5.92 Å². The van der Waals surface area contributed by atoms with Crippen LogP contribution in [-0.4, -0.2) is 61.5 Å². The molecule has 1 aromatic rings. The predicted octanol–water partition coefficient (Wildman–Crippen LogP) is 2.45. The average Bonchev–Trinajstić information content (AvgIpc) is 2.58. The Labute approximate surface area is 176 Å². The number of hydrogen-bond donors (Lipinski definition) is 3. The van der Waals surface area contributed by atoms with E-state index in [0.29, 0.717) is 12.0 Å². The van der Waals surface area contributed by atoms with Crippen LogP contribution in [0.1, 0.15) is 31.7 Å². The Balaban J connectivity index is 0.00000182. The number of ether oxygens (including phenoxy) is 1. The lowest BCUT2D eigenvalue weighted by Crippen LogP contribution is -2.49. The third-order valence-corrected chi connectivity index (χ3v) is 5.43. The summed E-state index contributed by atoms with van der Waals surface area (Å²) in [6, 6.07) is 9.08. The molecule has 2 aliphatic heterocycles. The summed E-state index contributed by atoms with van der Waals surface area (Å²) < 4.78 is 6.44. The van der Waals surface area contributed by atoms with Gasteiger partial charge in [0.2, 0.25) is 0 Å². The number of halogens is 2. The summed E-state index contributed by atoms with van der Waals surface area (Å²) in [5.74, 6) is 1.54. The molecule has 3 atom stereocenters. The summed E-state index contributed by atoms with van der Waals surface area (Å²) in [5.41, 5.74) is 1.26. The summed E-state index contributed by atoms with van der Waals surface area (Å²) >= 11 is 0. The highest BCUT2D eigenvalue weighted by Gasteiger charge is 2.27. The van der Waals surface area contributed by atoms with Crippen LogP contribution in [0.5, 0.6) is 5.75 Å². The first-order chi connectivity index (χ1) is 12.1. The van der Waals surface area contributed by atoms with E-state index in [0.717, 1.165) is 44.9 Å². The van der Waals surface area contributed by atoms with Gasteiger partial charge in [-0.15, -0.1) is 24.8 Å². The van der Waals surface area contributed by atoms with Gasteiger partial charge in [0, 0.05) is 38.1 Å². The van der Waals surface area contributed by atoms with Gasteiger partial charge in [-0.1, -0.05) is 12.1 Å². The van der Waals surface area contributed by atoms with Crippen LogP contribution in [0.25, 0.3) is 0 Å². The van der Waals surface area contributed by atoms with Crippen molar-refractivity contribution in [1.82, 2.24) is 15.5 Å². The molecule has 27 heavy (non-hydrogen) atoms. The maximum Gasteiger partial charge on any atom is 0.120 e. The molecule has 3 unspecified atom stereocenters. The molecule has 3 rings (SSSR count). The van der Waals surface area contributed by atoms with Crippen LogP contribution < -0.4 is 15.4 Å². The molecule has 0 saturated carbocycles. The smallest absolute Gasteiger partial charge is 0.120 e. The molecular weight excluding hydrogens is 385 g/mol. The number of hydrogen-bond acceptors (Lipinski definition) is 5. The van der Waals surface area contributed by atoms with Gasteiger partial charge in [-0.2, -0.15) is 0 Å². The number of aliphatic hydroxyl groups is 1. The number of β-amino-alcohol motifs (C(OH)–C–C–N with tert-alkyl or cyclic N) is 1. The van der Waals surface area contributed by atoms with Crippen molar-refractivity contribution in [1.29, 1.82) is 0 Å². The molecule has 156 valence electrons. The van der Waals surface area contributed by atoms with Gasteiger partial charge in [0.15, 0.2) is 0 Å². The van der Waals surface area contributed by atoms with Gasteiger partial charge >= 0.3 is 0 Å². The highest BCUT2D eigenvalue weighted by atomic mass is 35.5. The van der Waals surface area contributed by atoms with E-state index in [4.69, 9.17) is 4.74 Å². The van der Waals surface area contributed by atoms with Crippen LogP contribution in [0.4, 0.5) is 0 Å². The van der Waals surface area contributed by atoms with Crippen LogP contribution in [0.3, 0.4) is 0 Å². The van der Waals surface area contributed by atoms with E-state index in [2.05, 4.69) is 46.7 Å². The first-order valence-electron chi connectivity index (χ1n) is 9.68. The van der Waals surface area contributed by atoms with Crippen LogP contribution in [0, 0.1) is 5.92 Å². The first kappa shape index (κ1) is 24.5. The van der Waals surface area contributed by atoms with Crippen LogP contribution >= 0.6 is 24.8 Å². The van der Waals surface area contributed by atoms with Gasteiger partial charge < -0.3 is 20.5 Å². The Morgan fingerprint density at radius 2 is 2.07 bits per heavy atom. The van der Waals surface area contributed by atoms with Gasteiger partial charge in [-0.3, -0.25) is 4.90 Å². The zero-order valence-electron chi connectivity index (χ0n) is 16.4. The Hall–Kier alpha value is -0.560. The summed E-state index contributed by atoms with van der Waals surface area (Å²) in [5, 5.41) is 16.3. The molecule has 7 heteroatoms. The van der Waals surface area contributed by atoms with Crippen molar-refractivity contribution >= 4 is 24.8 Å². The van der Waals surface area contributed by atoms with Gasteiger partial charge in [0.05, 0.1) is 6.10 Å². The highest BCUT2D eigenvalue weighted by Crippen LogP contribution is 2.25. The molecule has 5 nitrogen and oxygen atoms in total. The molecule has 1 aromatic carbocycles. The van der Waals surface area contributed by atoms with Crippen LogP contribution in [-0.2, 0) is 6.54 Å². The minimum absolute atomic E-state index is 0. The molecule has 0 spiro atoms. The lowest BCUT2D eigenvalue weighted by molar-refractivity contribution is -0.00292. The van der Waals surface area contributed by atoms with E-state index in [-0.39, 0.29) is 37.0 Å². The zero-order valence-corrected chi connectivity index (χ0v) is 18.0. The SMILES string of the molecule is CNCCC(Oc1cccc(CN2CC(O)C2)c1)C1CCC(C)NC1.Cl.Cl. The number of nitrogens with one attached hydrogen (secondary N) is 2. The second kappa shape index (κ2) is 12.1. The van der Waals surface area contributed by atoms with E-state index in [1.165, 1.54) is 18.4 Å². The number of piperidine rings is 1. The van der Waals surface area contributed by atoms with Gasteiger partial charge in [0.25, 0.3) is 0 Å². The lowest BCUT2D eigenvalue weighted by Gasteiger charge is -2.36. The number of rotatable bonds is 8. The molecule has 0 aliphatic carbocycles. The molecule has 0 aromatic heterocycles. The largest absolute Gasteiger partial charge is 0.490 e. The predicted molar refractivity (Wildman–Crippen MR) is 115 cm³/mol. The topological polar surface area (TPSA) is 56.8 Å². The van der Waals surface area contributed by atoms with E-state index in [9.17, 15) is 5.11 Å². The Morgan fingerprint density at radius 3 is 2.70 bits per heavy atom. The van der Waals surface area contributed by atoms with Gasteiger partial charge in [-0.25, -0.2) is 0 Å². The minimum atomic E-state index is -0.147. The molecule has 2 saturated heterocycles. The number of aliphatic hydroxyl groups excluding tert-OH is 1. The van der Waals surface area contributed by atoms with Crippen molar-refractivity contribution in [2.45, 2.75) is 51.0 Å². The van der Waals surface area contributed by atoms with Crippen LogP contribution in [0.2, 0.25) is 0 Å². The van der Waals surface area contributed by atoms with Crippen molar-refractivity contribution in [3.63, 3.8) is 0 Å². The van der Waals surface area contributed by atoms with Crippen molar-refractivity contribution in [3.8, 4) is 5.75 Å². The van der Waals surface area contributed by atoms with Gasteiger partial charge in [0.1, 0.15) is 11.9 Å². The summed E-state index contributed by atoms with van der Waals surface area (Å²) in [4.78, 5) is 2.26. The third kappa shape index (κ3) is 7.41. The number of likely N-dealkylation sites (tertiary alicyclic amines) is 1. The molecule has 0 amide bonds. The summed E-state index contributed by atoms with van der Waals surface area (Å²) in [6.07, 6.45) is 3.58. The summed E-state index contributed by atoms with van der Waals surface area (Å²) in [7, 11) is 2.00. The Kier molecular flexibility index (Phi) is 11.0. The maximum absolute atomic E-state index is 9.44. The molecule has 2 fully saturated rings. The van der Waals surface area contributed by atoms with E-state index in [1.54, 1.807) is 0 Å². The number of benzene rings is 1. The maximum atomic E-state index is 9.44. The first-order valence-corrected chi connectivity index (χ1v) is 9.68. The van der Waals surface area contributed by atoms with Crippen molar-refractivity contribution < 1.29 is 9.84 Å². The molecule has 2 aliphatic rings. The van der Waals surface area contributed by atoms with Crippen molar-refractivity contribution in [2.75, 3.05) is 33.2 Å². The molecule has 0 radical (unpaired) electrons. The van der Waals surface area contributed by atoms with Gasteiger partial charge in [-0.05, 0) is 57.5 Å². The summed E-state index contributed by atoms with van der Waals surface area (Å²) in [6.45, 7) is 6.72. The minimum Gasteiger partial charge on any atom is -0.490 e. The van der Waals surface area contributed by atoms with E-state index < -0.39 is 0 Å². The fraction of sp³-hybridized carbons (Fsp3) is 0.700. The molecule has 0 bridgehead atoms. The van der Waals surface area contributed by atoms with Crippen LogP contribution in [0.15, 0.2) is 24.3 Å². The standard InChI is InChI=1S/C20H33N3O2.2ClH/c1-15-6-7-17(11-22-15)20(8-9-21-2)25-19-5-3-4-16(10-19)12-23-13-18(24)14-23;;/h3-5,10,15,17-18,20-22,24H,6-9,11-14H2,1-2H3;2*1H. The molecule has 2 heterocycles.